The summed E-state index contributed by atoms with van der Waals surface area (Å²) in [5, 5.41) is 2.73. The topological polar surface area (TPSA) is 61.9 Å². The summed E-state index contributed by atoms with van der Waals surface area (Å²) in [4.78, 5) is 27.8. The molecule has 6 heteroatoms. The molecule has 0 aliphatic carbocycles. The molecule has 2 amide bonds. The largest absolute Gasteiger partial charge is 0.379 e. The second kappa shape index (κ2) is 7.59. The molecule has 20 heavy (non-hydrogen) atoms. The van der Waals surface area contributed by atoms with E-state index in [0.29, 0.717) is 25.6 Å². The minimum atomic E-state index is -0.465. The lowest BCUT2D eigenvalue weighted by Crippen LogP contribution is -2.48. The van der Waals surface area contributed by atoms with Gasteiger partial charge in [-0.25, -0.2) is 0 Å². The van der Waals surface area contributed by atoms with Crippen molar-refractivity contribution in [1.82, 2.24) is 15.1 Å². The summed E-state index contributed by atoms with van der Waals surface area (Å²) in [6.07, 6.45) is 2.14. The van der Waals surface area contributed by atoms with E-state index in [-0.39, 0.29) is 5.91 Å². The predicted octanol–water partition coefficient (Wildman–Crippen LogP) is -0.307. The fourth-order valence-corrected chi connectivity index (χ4v) is 2.75. The Hall–Kier alpha value is -1.14. The monoisotopic (exact) mass is 283 g/mol. The summed E-state index contributed by atoms with van der Waals surface area (Å²) in [6, 6.07) is 0. The normalized spacial score (nSPS) is 24.4. The molecule has 2 aliphatic heterocycles. The molecule has 2 heterocycles. The number of nitrogens with zero attached hydrogens (tertiary/aromatic N) is 2. The van der Waals surface area contributed by atoms with Gasteiger partial charge in [-0.15, -0.1) is 0 Å². The molecule has 0 saturated carbocycles. The van der Waals surface area contributed by atoms with Crippen LogP contribution in [0.5, 0.6) is 0 Å². The van der Waals surface area contributed by atoms with Gasteiger partial charge in [0, 0.05) is 39.3 Å². The van der Waals surface area contributed by atoms with Gasteiger partial charge in [0.25, 0.3) is 0 Å². The van der Waals surface area contributed by atoms with Crippen LogP contribution in [0.4, 0.5) is 0 Å². The molecule has 1 atom stereocenters. The summed E-state index contributed by atoms with van der Waals surface area (Å²) in [6.45, 7) is 8.12. The van der Waals surface area contributed by atoms with Crippen molar-refractivity contribution in [2.24, 2.45) is 5.92 Å². The number of morpholine rings is 1. The average molecular weight is 283 g/mol. The Morgan fingerprint density at radius 2 is 2.00 bits per heavy atom. The number of ether oxygens (including phenoxy) is 1. The highest BCUT2D eigenvalue weighted by molar-refractivity contribution is 6.35. The molecule has 2 saturated heterocycles. The van der Waals surface area contributed by atoms with Crippen molar-refractivity contribution in [2.75, 3.05) is 52.5 Å². The lowest BCUT2D eigenvalue weighted by Gasteiger charge is -2.30. The zero-order valence-corrected chi connectivity index (χ0v) is 12.3. The van der Waals surface area contributed by atoms with Crippen molar-refractivity contribution in [3.63, 3.8) is 0 Å². The predicted molar refractivity (Wildman–Crippen MR) is 75.2 cm³/mol. The number of amides is 2. The second-order valence-corrected chi connectivity index (χ2v) is 5.71. The smallest absolute Gasteiger partial charge is 0.311 e. The number of nitrogens with one attached hydrogen (secondary N) is 1. The molecule has 1 N–H and O–H groups in total. The minimum absolute atomic E-state index is 0.376. The summed E-state index contributed by atoms with van der Waals surface area (Å²) < 4.78 is 5.26. The van der Waals surface area contributed by atoms with Crippen molar-refractivity contribution in [2.45, 2.75) is 19.8 Å². The maximum atomic E-state index is 12.0. The van der Waals surface area contributed by atoms with Gasteiger partial charge in [0.15, 0.2) is 0 Å². The molecule has 6 nitrogen and oxygen atoms in total. The highest BCUT2D eigenvalue weighted by Crippen LogP contribution is 2.15. The van der Waals surface area contributed by atoms with Crippen molar-refractivity contribution in [1.29, 1.82) is 0 Å². The first kappa shape index (κ1) is 15.3. The van der Waals surface area contributed by atoms with Gasteiger partial charge in [-0.05, 0) is 18.8 Å². The zero-order valence-electron chi connectivity index (χ0n) is 12.3. The van der Waals surface area contributed by atoms with Crippen LogP contribution in [0.25, 0.3) is 0 Å². The van der Waals surface area contributed by atoms with Gasteiger partial charge in [-0.2, -0.15) is 0 Å². The van der Waals surface area contributed by atoms with E-state index in [4.69, 9.17) is 4.74 Å². The van der Waals surface area contributed by atoms with Gasteiger partial charge in [0.2, 0.25) is 0 Å². The van der Waals surface area contributed by atoms with Gasteiger partial charge in [-0.3, -0.25) is 14.5 Å². The molecule has 2 rings (SSSR count). The zero-order chi connectivity index (χ0) is 14.4. The van der Waals surface area contributed by atoms with Gasteiger partial charge < -0.3 is 15.0 Å². The van der Waals surface area contributed by atoms with E-state index in [1.165, 1.54) is 0 Å². The number of piperidine rings is 1. The molecule has 114 valence electrons. The molecule has 0 aromatic rings. The molecule has 0 radical (unpaired) electrons. The van der Waals surface area contributed by atoms with Crippen LogP contribution < -0.4 is 5.32 Å². The van der Waals surface area contributed by atoms with E-state index >= 15 is 0 Å². The number of hydrogen-bond acceptors (Lipinski definition) is 4. The lowest BCUT2D eigenvalue weighted by molar-refractivity contribution is -0.147. The van der Waals surface area contributed by atoms with Gasteiger partial charge in [0.05, 0.1) is 13.2 Å². The van der Waals surface area contributed by atoms with E-state index in [9.17, 15) is 9.59 Å². The van der Waals surface area contributed by atoms with Crippen LogP contribution in [0, 0.1) is 5.92 Å². The van der Waals surface area contributed by atoms with Gasteiger partial charge in [0.1, 0.15) is 0 Å². The molecule has 0 aromatic heterocycles. The maximum absolute atomic E-state index is 12.0. The number of rotatable bonds is 3. The van der Waals surface area contributed by atoms with Crippen LogP contribution in [-0.4, -0.2) is 74.1 Å². The second-order valence-electron chi connectivity index (χ2n) is 5.71. The van der Waals surface area contributed by atoms with Crippen LogP contribution in [0.2, 0.25) is 0 Å². The van der Waals surface area contributed by atoms with Crippen LogP contribution in [-0.2, 0) is 14.3 Å². The highest BCUT2D eigenvalue weighted by Gasteiger charge is 2.25. The molecule has 0 spiro atoms. The Labute approximate surface area is 120 Å². The summed E-state index contributed by atoms with van der Waals surface area (Å²) >= 11 is 0. The minimum Gasteiger partial charge on any atom is -0.379 e. The van der Waals surface area contributed by atoms with Crippen molar-refractivity contribution < 1.29 is 14.3 Å². The van der Waals surface area contributed by atoms with Crippen molar-refractivity contribution >= 4 is 11.8 Å². The van der Waals surface area contributed by atoms with Crippen LogP contribution in [0.3, 0.4) is 0 Å². The standard InChI is InChI=1S/C14H25N3O3/c1-12-3-2-5-17(11-12)14(19)13(18)15-4-6-16-7-9-20-10-8-16/h12H,2-11H2,1H3,(H,15,18). The quantitative estimate of drug-likeness (QED) is 0.722. The number of likely N-dealkylation sites (tertiary alicyclic amines) is 1. The number of carbonyl (C=O) groups is 2. The van der Waals surface area contributed by atoms with Crippen molar-refractivity contribution in [3.05, 3.63) is 0 Å². The summed E-state index contributed by atoms with van der Waals surface area (Å²) in [5.74, 6) is -0.347. The SMILES string of the molecule is CC1CCCN(C(=O)C(=O)NCCN2CCOCC2)C1. The first-order valence-electron chi connectivity index (χ1n) is 7.54. The molecule has 2 fully saturated rings. The third-order valence-electron chi connectivity index (χ3n) is 3.96. The molecule has 0 aromatic carbocycles. The first-order chi connectivity index (χ1) is 9.66. The van der Waals surface area contributed by atoms with Crippen LogP contribution in [0.15, 0.2) is 0 Å². The Balaban J connectivity index is 1.66. The summed E-state index contributed by atoms with van der Waals surface area (Å²) in [7, 11) is 0. The van der Waals surface area contributed by atoms with Crippen LogP contribution >= 0.6 is 0 Å². The molecular formula is C14H25N3O3. The maximum Gasteiger partial charge on any atom is 0.311 e. The number of hydrogen-bond donors (Lipinski definition) is 1. The Kier molecular flexibility index (Phi) is 5.79. The first-order valence-corrected chi connectivity index (χ1v) is 7.54. The van der Waals surface area contributed by atoms with Gasteiger partial charge in [-0.1, -0.05) is 6.92 Å². The average Bonchev–Trinajstić information content (AvgIpc) is 2.47. The fourth-order valence-electron chi connectivity index (χ4n) is 2.75. The Morgan fingerprint density at radius 1 is 1.25 bits per heavy atom. The fraction of sp³-hybridized carbons (Fsp3) is 0.857. The van der Waals surface area contributed by atoms with Gasteiger partial charge >= 0.3 is 11.8 Å². The molecule has 0 bridgehead atoms. The molecule has 2 aliphatic rings. The van der Waals surface area contributed by atoms with E-state index in [1.54, 1.807) is 4.90 Å². The lowest BCUT2D eigenvalue weighted by atomic mass is 10.0. The molecule has 1 unspecified atom stereocenters. The van der Waals surface area contributed by atoms with E-state index in [2.05, 4.69) is 17.1 Å². The van der Waals surface area contributed by atoms with E-state index in [1.807, 2.05) is 0 Å². The summed E-state index contributed by atoms with van der Waals surface area (Å²) in [5.41, 5.74) is 0. The third kappa shape index (κ3) is 4.45. The number of carbonyl (C=O) groups excluding carboxylic acids is 2. The highest BCUT2D eigenvalue weighted by atomic mass is 16.5. The van der Waals surface area contributed by atoms with E-state index in [0.717, 1.165) is 45.7 Å². The third-order valence-corrected chi connectivity index (χ3v) is 3.96. The van der Waals surface area contributed by atoms with Crippen molar-refractivity contribution in [3.8, 4) is 0 Å². The van der Waals surface area contributed by atoms with E-state index < -0.39 is 5.91 Å². The van der Waals surface area contributed by atoms with Crippen LogP contribution in [0.1, 0.15) is 19.8 Å². The Morgan fingerprint density at radius 3 is 2.70 bits per heavy atom. The Bertz CT molecular complexity index is 343. The molecular weight excluding hydrogens is 258 g/mol.